The molecule has 2 heterocycles. The molecule has 0 radical (unpaired) electrons. The molecule has 8 nitrogen and oxygen atoms in total. The summed E-state index contributed by atoms with van der Waals surface area (Å²) in [6.07, 6.45) is 2.98. The Labute approximate surface area is 121 Å². The average molecular weight is 310 g/mol. The highest BCUT2D eigenvalue weighted by Crippen LogP contribution is 2.27. The zero-order valence-corrected chi connectivity index (χ0v) is 12.2. The summed E-state index contributed by atoms with van der Waals surface area (Å²) < 4.78 is 31.0. The summed E-state index contributed by atoms with van der Waals surface area (Å²) >= 11 is 0. The number of aryl methyl sites for hydroxylation is 1. The molecule has 0 unspecified atom stereocenters. The Bertz CT molecular complexity index is 741. The first-order valence-corrected chi connectivity index (χ1v) is 7.43. The van der Waals surface area contributed by atoms with Crippen LogP contribution >= 0.6 is 0 Å². The van der Waals surface area contributed by atoms with E-state index >= 15 is 0 Å². The van der Waals surface area contributed by atoms with Crippen molar-refractivity contribution in [3.8, 4) is 0 Å². The molecule has 2 aromatic heterocycles. The van der Waals surface area contributed by atoms with Gasteiger partial charge in [-0.1, -0.05) is 0 Å². The molecule has 0 aliphatic rings. The monoisotopic (exact) mass is 310 g/mol. The second-order valence-electron chi connectivity index (χ2n) is 4.10. The SMILES string of the molecule is CNC(=O)S(=O)(=O)Nc1c(C)ccnc1Nc1ccco1. The van der Waals surface area contributed by atoms with Gasteiger partial charge in [-0.3, -0.25) is 9.52 Å². The third-order valence-electron chi connectivity index (χ3n) is 2.61. The van der Waals surface area contributed by atoms with Crippen LogP contribution in [0, 0.1) is 6.92 Å². The first-order valence-electron chi connectivity index (χ1n) is 5.94. The van der Waals surface area contributed by atoms with Crippen molar-refractivity contribution in [3.63, 3.8) is 0 Å². The quantitative estimate of drug-likeness (QED) is 0.793. The van der Waals surface area contributed by atoms with Gasteiger partial charge in [-0.2, -0.15) is 8.42 Å². The number of anilines is 3. The number of aromatic nitrogens is 1. The van der Waals surface area contributed by atoms with E-state index in [1.807, 2.05) is 0 Å². The van der Waals surface area contributed by atoms with E-state index < -0.39 is 15.3 Å². The molecule has 0 spiro atoms. The number of pyridine rings is 1. The standard InChI is InChI=1S/C12H14N4O4S/c1-8-5-6-14-11(15-9-4-3-7-20-9)10(8)16-21(18,19)12(17)13-2/h3-7,16H,1-2H3,(H,13,17)(H,14,15). The second-order valence-corrected chi connectivity index (χ2v) is 5.68. The molecule has 0 aliphatic carbocycles. The van der Waals surface area contributed by atoms with Crippen molar-refractivity contribution in [1.82, 2.24) is 10.3 Å². The Hall–Kier alpha value is -2.55. The van der Waals surface area contributed by atoms with Gasteiger partial charge in [0.2, 0.25) is 0 Å². The lowest BCUT2D eigenvalue weighted by Gasteiger charge is -2.13. The summed E-state index contributed by atoms with van der Waals surface area (Å²) in [6.45, 7) is 1.69. The lowest BCUT2D eigenvalue weighted by Crippen LogP contribution is -2.31. The Balaban J connectivity index is 2.37. The number of rotatable bonds is 4. The number of hydrogen-bond acceptors (Lipinski definition) is 6. The first kappa shape index (κ1) is 14.9. The fraction of sp³-hybridized carbons (Fsp3) is 0.167. The second kappa shape index (κ2) is 5.83. The normalized spacial score (nSPS) is 11.0. The van der Waals surface area contributed by atoms with Gasteiger partial charge in [0.25, 0.3) is 0 Å². The maximum Gasteiger partial charge on any atom is 0.356 e. The van der Waals surface area contributed by atoms with Gasteiger partial charge in [-0.25, -0.2) is 4.98 Å². The van der Waals surface area contributed by atoms with Crippen molar-refractivity contribution in [2.45, 2.75) is 6.92 Å². The molecule has 0 aromatic carbocycles. The van der Waals surface area contributed by atoms with E-state index in [-0.39, 0.29) is 11.5 Å². The van der Waals surface area contributed by atoms with Gasteiger partial charge in [0.15, 0.2) is 11.7 Å². The largest absolute Gasteiger partial charge is 0.449 e. The molecule has 1 amide bonds. The van der Waals surface area contributed by atoms with Crippen LogP contribution in [0.2, 0.25) is 0 Å². The van der Waals surface area contributed by atoms with E-state index in [1.54, 1.807) is 25.1 Å². The van der Waals surface area contributed by atoms with E-state index in [0.29, 0.717) is 11.4 Å². The van der Waals surface area contributed by atoms with Gasteiger partial charge < -0.3 is 15.1 Å². The van der Waals surface area contributed by atoms with Crippen LogP contribution in [0.25, 0.3) is 0 Å². The fourth-order valence-corrected chi connectivity index (χ4v) is 2.45. The molecule has 3 N–H and O–H groups in total. The van der Waals surface area contributed by atoms with E-state index in [4.69, 9.17) is 4.42 Å². The molecular weight excluding hydrogens is 296 g/mol. The van der Waals surface area contributed by atoms with Crippen LogP contribution in [0.15, 0.2) is 35.1 Å². The van der Waals surface area contributed by atoms with Crippen LogP contribution in [0.4, 0.5) is 22.2 Å². The van der Waals surface area contributed by atoms with Crippen LogP contribution in [-0.2, 0) is 10.0 Å². The molecule has 2 aromatic rings. The number of carbonyl (C=O) groups excluding carboxylic acids is 1. The third kappa shape index (κ3) is 3.31. The third-order valence-corrected chi connectivity index (χ3v) is 3.77. The fourth-order valence-electron chi connectivity index (χ4n) is 1.56. The predicted octanol–water partition coefficient (Wildman–Crippen LogP) is 1.81. The highest BCUT2D eigenvalue weighted by Gasteiger charge is 2.23. The minimum absolute atomic E-state index is 0.178. The highest BCUT2D eigenvalue weighted by molar-refractivity contribution is 8.07. The summed E-state index contributed by atoms with van der Waals surface area (Å²) in [4.78, 5) is 15.4. The van der Waals surface area contributed by atoms with Crippen LogP contribution < -0.4 is 15.4 Å². The predicted molar refractivity (Wildman–Crippen MR) is 78.0 cm³/mol. The summed E-state index contributed by atoms with van der Waals surface area (Å²) in [5.41, 5.74) is 0.782. The number of furan rings is 1. The van der Waals surface area contributed by atoms with Crippen molar-refractivity contribution >= 4 is 32.7 Å². The summed E-state index contributed by atoms with van der Waals surface area (Å²) in [5.74, 6) is 0.630. The van der Waals surface area contributed by atoms with Gasteiger partial charge >= 0.3 is 15.3 Å². The van der Waals surface area contributed by atoms with Crippen molar-refractivity contribution in [1.29, 1.82) is 0 Å². The van der Waals surface area contributed by atoms with Gasteiger partial charge in [-0.15, -0.1) is 0 Å². The van der Waals surface area contributed by atoms with Crippen molar-refractivity contribution in [3.05, 3.63) is 36.2 Å². The van der Waals surface area contributed by atoms with Crippen LogP contribution in [-0.4, -0.2) is 25.7 Å². The summed E-state index contributed by atoms with van der Waals surface area (Å²) in [5, 5.41) is 3.77. The Morgan fingerprint density at radius 2 is 2.10 bits per heavy atom. The number of sulfonamides is 1. The summed E-state index contributed by atoms with van der Waals surface area (Å²) in [7, 11) is -2.96. The van der Waals surface area contributed by atoms with Gasteiger partial charge in [0, 0.05) is 19.3 Å². The average Bonchev–Trinajstić information content (AvgIpc) is 2.94. The smallest absolute Gasteiger partial charge is 0.356 e. The van der Waals surface area contributed by atoms with Crippen LogP contribution in [0.3, 0.4) is 0 Å². The van der Waals surface area contributed by atoms with Crippen molar-refractivity contribution < 1.29 is 17.6 Å². The molecule has 2 rings (SSSR count). The molecular formula is C12H14N4O4S. The molecule has 0 fully saturated rings. The molecule has 0 atom stereocenters. The summed E-state index contributed by atoms with van der Waals surface area (Å²) in [6, 6.07) is 4.95. The van der Waals surface area contributed by atoms with E-state index in [1.165, 1.54) is 19.5 Å². The minimum Gasteiger partial charge on any atom is -0.449 e. The van der Waals surface area contributed by atoms with Crippen molar-refractivity contribution in [2.75, 3.05) is 17.1 Å². The van der Waals surface area contributed by atoms with Gasteiger partial charge in [0.05, 0.1) is 12.0 Å². The van der Waals surface area contributed by atoms with E-state index in [9.17, 15) is 13.2 Å². The number of hydrogen-bond donors (Lipinski definition) is 3. The van der Waals surface area contributed by atoms with E-state index in [2.05, 4.69) is 20.3 Å². The molecule has 0 aliphatic heterocycles. The Morgan fingerprint density at radius 3 is 2.71 bits per heavy atom. The number of nitrogens with zero attached hydrogens (tertiary/aromatic N) is 1. The van der Waals surface area contributed by atoms with Gasteiger partial charge in [0.1, 0.15) is 0 Å². The Morgan fingerprint density at radius 1 is 1.33 bits per heavy atom. The first-order chi connectivity index (χ1) is 9.94. The lowest BCUT2D eigenvalue weighted by molar-refractivity contribution is 0.260. The minimum atomic E-state index is -4.20. The van der Waals surface area contributed by atoms with Crippen molar-refractivity contribution in [2.24, 2.45) is 0 Å². The molecule has 21 heavy (non-hydrogen) atoms. The number of nitrogens with one attached hydrogen (secondary N) is 3. The maximum atomic E-state index is 11.8. The molecule has 0 saturated carbocycles. The molecule has 112 valence electrons. The van der Waals surface area contributed by atoms with E-state index in [0.717, 1.165) is 0 Å². The molecule has 9 heteroatoms. The highest BCUT2D eigenvalue weighted by atomic mass is 32.2. The van der Waals surface area contributed by atoms with Crippen LogP contribution in [0.5, 0.6) is 0 Å². The van der Waals surface area contributed by atoms with Crippen LogP contribution in [0.1, 0.15) is 5.56 Å². The lowest BCUT2D eigenvalue weighted by atomic mass is 10.2. The van der Waals surface area contributed by atoms with Gasteiger partial charge in [-0.05, 0) is 24.6 Å². The number of amides is 1. The zero-order valence-electron chi connectivity index (χ0n) is 11.4. The topological polar surface area (TPSA) is 113 Å². The maximum absolute atomic E-state index is 11.8. The Kier molecular flexibility index (Phi) is 4.13. The number of carbonyl (C=O) groups is 1. The zero-order chi connectivity index (χ0) is 15.5. The molecule has 0 bridgehead atoms. The molecule has 0 saturated heterocycles.